The fourth-order valence-corrected chi connectivity index (χ4v) is 2.08. The summed E-state index contributed by atoms with van der Waals surface area (Å²) < 4.78 is 15.8. The molecule has 1 heterocycles. The van der Waals surface area contributed by atoms with Gasteiger partial charge in [-0.3, -0.25) is 4.79 Å². The van der Waals surface area contributed by atoms with E-state index in [1.165, 1.54) is 0 Å². The topological polar surface area (TPSA) is 51.9 Å². The Bertz CT molecular complexity index is 553. The highest BCUT2D eigenvalue weighted by Crippen LogP contribution is 2.13. The Balaban J connectivity index is 2.00. The molecule has 0 saturated heterocycles. The van der Waals surface area contributed by atoms with Crippen LogP contribution in [0.15, 0.2) is 53.3 Å². The molecule has 1 amide bonds. The van der Waals surface area contributed by atoms with Gasteiger partial charge in [0.2, 0.25) is 0 Å². The number of amides is 1. The molecular weight excluding hydrogens is 282 g/mol. The molecule has 0 unspecified atom stereocenters. The maximum Gasteiger partial charge on any atom is 0.263 e. The molecule has 22 heavy (non-hydrogen) atoms. The van der Waals surface area contributed by atoms with Crippen LogP contribution >= 0.6 is 0 Å². The minimum atomic E-state index is -0.564. The number of rotatable bonds is 8. The van der Waals surface area contributed by atoms with Crippen LogP contribution in [0.4, 0.5) is 0 Å². The van der Waals surface area contributed by atoms with Crippen LogP contribution in [-0.4, -0.2) is 37.2 Å². The van der Waals surface area contributed by atoms with Crippen molar-refractivity contribution in [1.82, 2.24) is 4.90 Å². The van der Waals surface area contributed by atoms with Crippen molar-refractivity contribution >= 4 is 5.91 Å². The molecule has 2 rings (SSSR count). The zero-order valence-corrected chi connectivity index (χ0v) is 12.9. The van der Waals surface area contributed by atoms with Gasteiger partial charge in [0, 0.05) is 25.8 Å². The van der Waals surface area contributed by atoms with Gasteiger partial charge in [0.05, 0.1) is 19.1 Å². The van der Waals surface area contributed by atoms with Crippen molar-refractivity contribution in [2.24, 2.45) is 0 Å². The third kappa shape index (κ3) is 4.63. The third-order valence-electron chi connectivity index (χ3n) is 3.23. The number of carbonyl (C=O) groups excluding carboxylic acids is 1. The van der Waals surface area contributed by atoms with Crippen LogP contribution in [-0.2, 0) is 16.1 Å². The number of carbonyl (C=O) groups is 1. The SMILES string of the molecule is COCCN(Cc1ccoc1)C(=O)[C@@H](C)Oc1ccccc1. The van der Waals surface area contributed by atoms with E-state index in [1.54, 1.807) is 31.5 Å². The lowest BCUT2D eigenvalue weighted by atomic mass is 10.2. The fraction of sp³-hybridized carbons (Fsp3) is 0.353. The van der Waals surface area contributed by atoms with Crippen molar-refractivity contribution in [3.8, 4) is 5.75 Å². The molecular formula is C17H21NO4. The van der Waals surface area contributed by atoms with E-state index in [0.29, 0.717) is 25.4 Å². The summed E-state index contributed by atoms with van der Waals surface area (Å²) in [5.74, 6) is 0.598. The monoisotopic (exact) mass is 303 g/mol. The van der Waals surface area contributed by atoms with Crippen molar-refractivity contribution in [3.63, 3.8) is 0 Å². The zero-order valence-electron chi connectivity index (χ0n) is 12.9. The molecule has 0 spiro atoms. The van der Waals surface area contributed by atoms with Gasteiger partial charge in [-0.1, -0.05) is 18.2 Å². The summed E-state index contributed by atoms with van der Waals surface area (Å²) in [6, 6.07) is 11.2. The van der Waals surface area contributed by atoms with E-state index in [1.807, 2.05) is 36.4 Å². The second-order valence-corrected chi connectivity index (χ2v) is 4.96. The van der Waals surface area contributed by atoms with E-state index in [0.717, 1.165) is 5.56 Å². The molecule has 5 heteroatoms. The molecule has 2 aromatic rings. The Hall–Kier alpha value is -2.27. The Kier molecular flexibility index (Phi) is 6.03. The first-order chi connectivity index (χ1) is 10.7. The van der Waals surface area contributed by atoms with Gasteiger partial charge in [-0.2, -0.15) is 0 Å². The van der Waals surface area contributed by atoms with Gasteiger partial charge in [0.15, 0.2) is 6.10 Å². The molecule has 5 nitrogen and oxygen atoms in total. The quantitative estimate of drug-likeness (QED) is 0.752. The Morgan fingerprint density at radius 1 is 1.27 bits per heavy atom. The minimum absolute atomic E-state index is 0.0814. The molecule has 0 bridgehead atoms. The predicted molar refractivity (Wildman–Crippen MR) is 82.5 cm³/mol. The smallest absolute Gasteiger partial charge is 0.263 e. The zero-order chi connectivity index (χ0) is 15.8. The van der Waals surface area contributed by atoms with Crippen molar-refractivity contribution in [2.75, 3.05) is 20.3 Å². The second-order valence-electron chi connectivity index (χ2n) is 4.96. The molecule has 0 N–H and O–H groups in total. The minimum Gasteiger partial charge on any atom is -0.481 e. The van der Waals surface area contributed by atoms with Crippen molar-refractivity contribution < 1.29 is 18.7 Å². The van der Waals surface area contributed by atoms with E-state index in [4.69, 9.17) is 13.9 Å². The lowest BCUT2D eigenvalue weighted by Gasteiger charge is -2.25. The first-order valence-electron chi connectivity index (χ1n) is 7.21. The van der Waals surface area contributed by atoms with Crippen LogP contribution < -0.4 is 4.74 Å². The number of hydrogen-bond donors (Lipinski definition) is 0. The van der Waals surface area contributed by atoms with Gasteiger partial charge in [-0.25, -0.2) is 0 Å². The summed E-state index contributed by atoms with van der Waals surface area (Å²) in [5, 5.41) is 0. The van der Waals surface area contributed by atoms with Gasteiger partial charge < -0.3 is 18.8 Å². The fourth-order valence-electron chi connectivity index (χ4n) is 2.08. The van der Waals surface area contributed by atoms with Gasteiger partial charge in [-0.05, 0) is 25.1 Å². The summed E-state index contributed by atoms with van der Waals surface area (Å²) in [6.07, 6.45) is 2.67. The maximum absolute atomic E-state index is 12.6. The number of benzene rings is 1. The van der Waals surface area contributed by atoms with Crippen LogP contribution in [0.5, 0.6) is 5.75 Å². The summed E-state index contributed by atoms with van der Waals surface area (Å²) in [5.41, 5.74) is 0.941. The first kappa shape index (κ1) is 16.1. The number of para-hydroxylation sites is 1. The number of furan rings is 1. The first-order valence-corrected chi connectivity index (χ1v) is 7.21. The van der Waals surface area contributed by atoms with E-state index < -0.39 is 6.10 Å². The van der Waals surface area contributed by atoms with E-state index >= 15 is 0 Å². The average Bonchev–Trinajstić information content (AvgIpc) is 3.04. The molecule has 1 atom stereocenters. The predicted octanol–water partition coefficient (Wildman–Crippen LogP) is 2.72. The average molecular weight is 303 g/mol. The lowest BCUT2D eigenvalue weighted by Crippen LogP contribution is -2.41. The van der Waals surface area contributed by atoms with Crippen LogP contribution in [0, 0.1) is 0 Å². The Morgan fingerprint density at radius 3 is 2.68 bits per heavy atom. The summed E-state index contributed by atoms with van der Waals surface area (Å²) in [6.45, 7) is 3.20. The molecule has 118 valence electrons. The van der Waals surface area contributed by atoms with Crippen molar-refractivity contribution in [1.29, 1.82) is 0 Å². The number of nitrogens with zero attached hydrogens (tertiary/aromatic N) is 1. The molecule has 0 aliphatic carbocycles. The van der Waals surface area contributed by atoms with Crippen molar-refractivity contribution in [2.45, 2.75) is 19.6 Å². The molecule has 0 fully saturated rings. The van der Waals surface area contributed by atoms with Gasteiger partial charge >= 0.3 is 0 Å². The summed E-state index contributed by atoms with van der Waals surface area (Å²) >= 11 is 0. The van der Waals surface area contributed by atoms with Crippen LogP contribution in [0.3, 0.4) is 0 Å². The number of hydrogen-bond acceptors (Lipinski definition) is 4. The highest BCUT2D eigenvalue weighted by atomic mass is 16.5. The number of ether oxygens (including phenoxy) is 2. The van der Waals surface area contributed by atoms with Crippen LogP contribution in [0.1, 0.15) is 12.5 Å². The van der Waals surface area contributed by atoms with Crippen LogP contribution in [0.25, 0.3) is 0 Å². The second kappa shape index (κ2) is 8.24. The Labute approximate surface area is 130 Å². The van der Waals surface area contributed by atoms with Crippen molar-refractivity contribution in [3.05, 3.63) is 54.5 Å². The van der Waals surface area contributed by atoms with Gasteiger partial charge in [0.25, 0.3) is 5.91 Å². The molecule has 0 saturated carbocycles. The third-order valence-corrected chi connectivity index (χ3v) is 3.23. The van der Waals surface area contributed by atoms with E-state index in [9.17, 15) is 4.79 Å². The summed E-state index contributed by atoms with van der Waals surface area (Å²) in [4.78, 5) is 14.3. The molecule has 1 aromatic carbocycles. The lowest BCUT2D eigenvalue weighted by molar-refractivity contribution is -0.139. The maximum atomic E-state index is 12.6. The van der Waals surface area contributed by atoms with Gasteiger partial charge in [0.1, 0.15) is 5.75 Å². The Morgan fingerprint density at radius 2 is 2.05 bits per heavy atom. The highest BCUT2D eigenvalue weighted by molar-refractivity contribution is 5.80. The number of methoxy groups -OCH3 is 1. The van der Waals surface area contributed by atoms with E-state index in [2.05, 4.69) is 0 Å². The molecule has 0 aliphatic heterocycles. The van der Waals surface area contributed by atoms with Gasteiger partial charge in [-0.15, -0.1) is 0 Å². The standard InChI is InChI=1S/C17H21NO4/c1-14(22-16-6-4-3-5-7-16)17(19)18(9-11-20-2)12-15-8-10-21-13-15/h3-8,10,13-14H,9,11-12H2,1-2H3/t14-/m1/s1. The molecule has 0 aliphatic rings. The molecule has 0 radical (unpaired) electrons. The molecule has 1 aromatic heterocycles. The van der Waals surface area contributed by atoms with Crippen LogP contribution in [0.2, 0.25) is 0 Å². The highest BCUT2D eigenvalue weighted by Gasteiger charge is 2.22. The summed E-state index contributed by atoms with van der Waals surface area (Å²) in [7, 11) is 1.62. The van der Waals surface area contributed by atoms with E-state index in [-0.39, 0.29) is 5.91 Å². The largest absolute Gasteiger partial charge is 0.481 e. The normalized spacial score (nSPS) is 11.9.